The van der Waals surface area contributed by atoms with E-state index in [0.717, 1.165) is 5.56 Å². The first-order chi connectivity index (χ1) is 11.0. The largest absolute Gasteiger partial charge is 0.451 e. The Balaban J connectivity index is 1.82. The van der Waals surface area contributed by atoms with Crippen molar-refractivity contribution in [3.63, 3.8) is 0 Å². The van der Waals surface area contributed by atoms with Gasteiger partial charge in [-0.05, 0) is 5.56 Å². The van der Waals surface area contributed by atoms with Crippen LogP contribution < -0.4 is 16.4 Å². The van der Waals surface area contributed by atoms with E-state index in [1.165, 1.54) is 16.7 Å². The standard InChI is InChI=1S/C14H14N4O4S/c15-13(21)18-11(19)7-22-12(20)10-8-23-14(17-10)16-6-9-4-2-1-3-5-9/h1-5,8H,6-7H2,(H,16,17)(H3,15,18,19,21). The number of esters is 1. The number of carbonyl (C=O) groups excluding carboxylic acids is 3. The lowest BCUT2D eigenvalue weighted by Gasteiger charge is -2.03. The molecular formula is C14H14N4O4S. The molecule has 2 rings (SSSR count). The molecule has 0 fully saturated rings. The van der Waals surface area contributed by atoms with Gasteiger partial charge in [0, 0.05) is 11.9 Å². The number of nitrogens with two attached hydrogens (primary N) is 1. The normalized spacial score (nSPS) is 9.91. The second kappa shape index (κ2) is 7.90. The molecule has 0 aliphatic carbocycles. The van der Waals surface area contributed by atoms with Crippen molar-refractivity contribution >= 4 is 34.4 Å². The molecule has 1 aromatic carbocycles. The van der Waals surface area contributed by atoms with Crippen LogP contribution in [0.1, 0.15) is 16.1 Å². The molecule has 23 heavy (non-hydrogen) atoms. The SMILES string of the molecule is NC(=O)NC(=O)COC(=O)c1csc(NCc2ccccc2)n1. The summed E-state index contributed by atoms with van der Waals surface area (Å²) in [5, 5.41) is 6.95. The van der Waals surface area contributed by atoms with E-state index in [1.807, 2.05) is 30.3 Å². The number of nitrogens with zero attached hydrogens (tertiary/aromatic N) is 1. The molecule has 0 saturated heterocycles. The molecule has 4 N–H and O–H groups in total. The number of hydrogen-bond donors (Lipinski definition) is 3. The summed E-state index contributed by atoms with van der Waals surface area (Å²) in [6.45, 7) is -0.0318. The molecule has 0 spiro atoms. The summed E-state index contributed by atoms with van der Waals surface area (Å²) in [7, 11) is 0. The Morgan fingerprint density at radius 2 is 1.96 bits per heavy atom. The number of anilines is 1. The van der Waals surface area contributed by atoms with E-state index < -0.39 is 24.5 Å². The minimum Gasteiger partial charge on any atom is -0.451 e. The van der Waals surface area contributed by atoms with Gasteiger partial charge in [0.15, 0.2) is 17.4 Å². The number of amides is 3. The number of nitrogens with one attached hydrogen (secondary N) is 2. The van der Waals surface area contributed by atoms with E-state index in [9.17, 15) is 14.4 Å². The zero-order chi connectivity index (χ0) is 16.7. The van der Waals surface area contributed by atoms with Gasteiger partial charge in [0.05, 0.1) is 0 Å². The van der Waals surface area contributed by atoms with Crippen LogP contribution in [0.5, 0.6) is 0 Å². The van der Waals surface area contributed by atoms with E-state index >= 15 is 0 Å². The van der Waals surface area contributed by atoms with Gasteiger partial charge in [-0.2, -0.15) is 0 Å². The van der Waals surface area contributed by atoms with Crippen LogP contribution in [0.25, 0.3) is 0 Å². The van der Waals surface area contributed by atoms with Gasteiger partial charge in [0.2, 0.25) is 0 Å². The second-order valence-electron chi connectivity index (χ2n) is 4.37. The van der Waals surface area contributed by atoms with E-state index in [2.05, 4.69) is 10.3 Å². The molecule has 3 amide bonds. The van der Waals surface area contributed by atoms with Crippen LogP contribution in [0, 0.1) is 0 Å². The lowest BCUT2D eigenvalue weighted by atomic mass is 10.2. The van der Waals surface area contributed by atoms with Gasteiger partial charge in [-0.25, -0.2) is 14.6 Å². The molecule has 0 bridgehead atoms. The number of aromatic nitrogens is 1. The van der Waals surface area contributed by atoms with Crippen molar-refractivity contribution in [2.45, 2.75) is 6.54 Å². The summed E-state index contributed by atoms with van der Waals surface area (Å²) in [6.07, 6.45) is 0. The predicted molar refractivity (Wildman–Crippen MR) is 83.9 cm³/mol. The van der Waals surface area contributed by atoms with Gasteiger partial charge in [0.1, 0.15) is 0 Å². The summed E-state index contributed by atoms with van der Waals surface area (Å²) in [5.74, 6) is -1.56. The number of urea groups is 1. The van der Waals surface area contributed by atoms with Gasteiger partial charge in [-0.3, -0.25) is 10.1 Å². The highest BCUT2D eigenvalue weighted by Gasteiger charge is 2.14. The fourth-order valence-corrected chi connectivity index (χ4v) is 2.28. The topological polar surface area (TPSA) is 123 Å². The summed E-state index contributed by atoms with van der Waals surface area (Å²) < 4.78 is 4.72. The molecule has 0 saturated carbocycles. The van der Waals surface area contributed by atoms with Crippen LogP contribution in [0.15, 0.2) is 35.7 Å². The molecule has 0 aliphatic rings. The van der Waals surface area contributed by atoms with Gasteiger partial charge >= 0.3 is 12.0 Å². The molecule has 0 radical (unpaired) electrons. The van der Waals surface area contributed by atoms with Crippen LogP contribution >= 0.6 is 11.3 Å². The zero-order valence-corrected chi connectivity index (χ0v) is 12.8. The highest BCUT2D eigenvalue weighted by molar-refractivity contribution is 7.13. The number of rotatable bonds is 6. The van der Waals surface area contributed by atoms with Crippen molar-refractivity contribution in [2.24, 2.45) is 5.73 Å². The Bertz CT molecular complexity index is 702. The molecule has 120 valence electrons. The molecule has 1 heterocycles. The third-order valence-corrected chi connectivity index (χ3v) is 3.40. The number of imide groups is 1. The van der Waals surface area contributed by atoms with Crippen molar-refractivity contribution in [2.75, 3.05) is 11.9 Å². The monoisotopic (exact) mass is 334 g/mol. The maximum absolute atomic E-state index is 11.7. The minimum atomic E-state index is -1.01. The minimum absolute atomic E-state index is 0.0810. The van der Waals surface area contributed by atoms with Crippen LogP contribution in [0.4, 0.5) is 9.93 Å². The highest BCUT2D eigenvalue weighted by atomic mass is 32.1. The average Bonchev–Trinajstić information content (AvgIpc) is 3.00. The lowest BCUT2D eigenvalue weighted by Crippen LogP contribution is -2.37. The smallest absolute Gasteiger partial charge is 0.358 e. The van der Waals surface area contributed by atoms with Crippen LogP contribution in [0.2, 0.25) is 0 Å². The van der Waals surface area contributed by atoms with Gasteiger partial charge < -0.3 is 15.8 Å². The van der Waals surface area contributed by atoms with Crippen LogP contribution in [-0.4, -0.2) is 29.5 Å². The number of hydrogen-bond acceptors (Lipinski definition) is 7. The number of thiazole rings is 1. The first-order valence-corrected chi connectivity index (χ1v) is 7.42. The summed E-state index contributed by atoms with van der Waals surface area (Å²) in [6, 6.07) is 8.71. The Hall–Kier alpha value is -2.94. The quantitative estimate of drug-likeness (QED) is 0.680. The zero-order valence-electron chi connectivity index (χ0n) is 11.9. The first kappa shape index (κ1) is 16.4. The van der Waals surface area contributed by atoms with E-state index in [0.29, 0.717) is 11.7 Å². The van der Waals surface area contributed by atoms with Crippen molar-refractivity contribution in [1.29, 1.82) is 0 Å². The molecule has 2 aromatic rings. The average molecular weight is 334 g/mol. The molecule has 0 aliphatic heterocycles. The Labute approximate surface area is 135 Å². The Morgan fingerprint density at radius 3 is 2.65 bits per heavy atom. The maximum Gasteiger partial charge on any atom is 0.358 e. The maximum atomic E-state index is 11.7. The van der Waals surface area contributed by atoms with E-state index in [1.54, 1.807) is 5.32 Å². The fraction of sp³-hybridized carbons (Fsp3) is 0.143. The predicted octanol–water partition coefficient (Wildman–Crippen LogP) is 1.11. The van der Waals surface area contributed by atoms with Gasteiger partial charge in [-0.1, -0.05) is 30.3 Å². The third kappa shape index (κ3) is 5.40. The molecular weight excluding hydrogens is 320 g/mol. The van der Waals surface area contributed by atoms with Crippen molar-refractivity contribution in [1.82, 2.24) is 10.3 Å². The van der Waals surface area contributed by atoms with Crippen molar-refractivity contribution in [3.8, 4) is 0 Å². The molecule has 0 atom stereocenters. The van der Waals surface area contributed by atoms with E-state index in [-0.39, 0.29) is 5.69 Å². The Morgan fingerprint density at radius 1 is 1.22 bits per heavy atom. The molecule has 8 nitrogen and oxygen atoms in total. The van der Waals surface area contributed by atoms with Crippen molar-refractivity contribution in [3.05, 3.63) is 47.0 Å². The molecule has 1 aromatic heterocycles. The van der Waals surface area contributed by atoms with Crippen LogP contribution in [0.3, 0.4) is 0 Å². The third-order valence-electron chi connectivity index (χ3n) is 2.60. The Kier molecular flexibility index (Phi) is 5.64. The number of ether oxygens (including phenoxy) is 1. The van der Waals surface area contributed by atoms with Gasteiger partial charge in [0.25, 0.3) is 5.91 Å². The van der Waals surface area contributed by atoms with Crippen LogP contribution in [-0.2, 0) is 16.1 Å². The summed E-state index contributed by atoms with van der Waals surface area (Å²) >= 11 is 1.24. The second-order valence-corrected chi connectivity index (χ2v) is 5.22. The van der Waals surface area contributed by atoms with E-state index in [4.69, 9.17) is 10.5 Å². The highest BCUT2D eigenvalue weighted by Crippen LogP contribution is 2.17. The van der Waals surface area contributed by atoms with Crippen molar-refractivity contribution < 1.29 is 19.1 Å². The number of carbonyl (C=O) groups is 3. The molecule has 9 heteroatoms. The summed E-state index contributed by atoms with van der Waals surface area (Å²) in [4.78, 5) is 37.4. The number of primary amides is 1. The fourth-order valence-electron chi connectivity index (χ4n) is 1.60. The first-order valence-electron chi connectivity index (χ1n) is 6.54. The number of benzene rings is 1. The van der Waals surface area contributed by atoms with Gasteiger partial charge in [-0.15, -0.1) is 11.3 Å². The molecule has 0 unspecified atom stereocenters. The summed E-state index contributed by atoms with van der Waals surface area (Å²) in [5.41, 5.74) is 5.92. The lowest BCUT2D eigenvalue weighted by molar-refractivity contribution is -0.123.